The second kappa shape index (κ2) is 7.44. The normalized spacial score (nSPS) is 24.3. The molecule has 0 spiro atoms. The molecule has 26 heavy (non-hydrogen) atoms. The minimum Gasteiger partial charge on any atom is -0.369 e. The van der Waals surface area contributed by atoms with Gasteiger partial charge in [0.1, 0.15) is 5.82 Å². The Hall–Kier alpha value is -1.18. The van der Waals surface area contributed by atoms with Gasteiger partial charge < -0.3 is 5.73 Å². The first-order chi connectivity index (χ1) is 12.3. The molecular weight excluding hydrogens is 379 g/mol. The second-order valence-corrected chi connectivity index (χ2v) is 9.70. The van der Waals surface area contributed by atoms with Crippen LogP contribution in [0.4, 0.5) is 4.39 Å². The molecule has 0 radical (unpaired) electrons. The predicted molar refractivity (Wildman–Crippen MR) is 97.6 cm³/mol. The molecule has 8 heteroatoms. The van der Waals surface area contributed by atoms with Crippen molar-refractivity contribution in [2.24, 2.45) is 17.1 Å². The van der Waals surface area contributed by atoms with Gasteiger partial charge >= 0.3 is 0 Å². The number of nitrogens with zero attached hydrogens (tertiary/aromatic N) is 1. The zero-order chi connectivity index (χ0) is 18.9. The molecule has 1 aromatic rings. The number of amides is 1. The summed E-state index contributed by atoms with van der Waals surface area (Å²) < 4.78 is 40.7. The molecule has 2 aliphatic rings. The lowest BCUT2D eigenvalue weighted by atomic mass is 9.63. The van der Waals surface area contributed by atoms with Crippen LogP contribution in [0.25, 0.3) is 0 Å². The Kier molecular flexibility index (Phi) is 5.61. The van der Waals surface area contributed by atoms with Crippen LogP contribution in [0.3, 0.4) is 0 Å². The molecule has 1 heterocycles. The maximum atomic E-state index is 13.4. The summed E-state index contributed by atoms with van der Waals surface area (Å²) >= 11 is 5.75. The highest BCUT2D eigenvalue weighted by Gasteiger charge is 2.47. The van der Waals surface area contributed by atoms with Crippen molar-refractivity contribution in [2.45, 2.75) is 49.8 Å². The van der Waals surface area contributed by atoms with Crippen molar-refractivity contribution >= 4 is 27.5 Å². The number of hydrogen-bond acceptors (Lipinski definition) is 3. The van der Waals surface area contributed by atoms with Gasteiger partial charge in [-0.25, -0.2) is 12.8 Å². The van der Waals surface area contributed by atoms with Gasteiger partial charge in [0.25, 0.3) is 0 Å². The fourth-order valence-electron chi connectivity index (χ4n) is 4.44. The Bertz CT molecular complexity index is 794. The van der Waals surface area contributed by atoms with E-state index in [1.807, 2.05) is 0 Å². The van der Waals surface area contributed by atoms with E-state index in [1.54, 1.807) is 0 Å². The molecule has 0 bridgehead atoms. The molecule has 1 atom stereocenters. The molecule has 1 aliphatic carbocycles. The maximum Gasteiger partial charge on any atom is 0.243 e. The number of carbonyl (C=O) groups excluding carboxylic acids is 1. The first kappa shape index (κ1) is 19.6. The van der Waals surface area contributed by atoms with E-state index in [-0.39, 0.29) is 28.3 Å². The van der Waals surface area contributed by atoms with Crippen LogP contribution in [0.1, 0.15) is 44.9 Å². The average molecular weight is 403 g/mol. The van der Waals surface area contributed by atoms with Crippen molar-refractivity contribution in [1.82, 2.24) is 4.31 Å². The average Bonchev–Trinajstić information content (AvgIpc) is 2.64. The maximum absolute atomic E-state index is 13.4. The number of nitrogens with two attached hydrogens (primary N) is 1. The van der Waals surface area contributed by atoms with Crippen molar-refractivity contribution in [3.8, 4) is 0 Å². The standard InChI is InChI=1S/C18H24ClFN2O3S/c19-15-11-14(6-7-16(15)20)26(24,25)22-10-4-5-13(12-22)18(17(21)23)8-2-1-3-9-18/h6-7,11,13H,1-5,8-10,12H2,(H2,21,23)/t13-/m0/s1. The third kappa shape index (κ3) is 3.49. The summed E-state index contributed by atoms with van der Waals surface area (Å²) in [6, 6.07) is 3.42. The molecule has 0 aromatic heterocycles. The number of sulfonamides is 1. The van der Waals surface area contributed by atoms with Crippen LogP contribution in [0.5, 0.6) is 0 Å². The fourth-order valence-corrected chi connectivity index (χ4v) is 6.23. The molecular formula is C18H24ClFN2O3S. The van der Waals surface area contributed by atoms with Gasteiger partial charge in [-0.05, 0) is 49.8 Å². The van der Waals surface area contributed by atoms with Gasteiger partial charge in [0.05, 0.1) is 15.3 Å². The molecule has 144 valence electrons. The monoisotopic (exact) mass is 402 g/mol. The number of piperidine rings is 1. The Balaban J connectivity index is 1.87. The van der Waals surface area contributed by atoms with Crippen molar-refractivity contribution < 1.29 is 17.6 Å². The van der Waals surface area contributed by atoms with E-state index >= 15 is 0 Å². The number of carbonyl (C=O) groups is 1. The summed E-state index contributed by atoms with van der Waals surface area (Å²) in [5.74, 6) is -1.05. The molecule has 1 aliphatic heterocycles. The van der Waals surface area contributed by atoms with Crippen LogP contribution >= 0.6 is 11.6 Å². The summed E-state index contributed by atoms with van der Waals surface area (Å²) in [5.41, 5.74) is 5.15. The van der Waals surface area contributed by atoms with Crippen molar-refractivity contribution in [3.63, 3.8) is 0 Å². The van der Waals surface area contributed by atoms with E-state index in [2.05, 4.69) is 0 Å². The molecule has 3 rings (SSSR count). The number of benzene rings is 1. The molecule has 1 saturated heterocycles. The molecule has 1 saturated carbocycles. The lowest BCUT2D eigenvalue weighted by molar-refractivity contribution is -0.134. The first-order valence-electron chi connectivity index (χ1n) is 9.02. The zero-order valence-corrected chi connectivity index (χ0v) is 16.2. The fraction of sp³-hybridized carbons (Fsp3) is 0.611. The molecule has 2 N–H and O–H groups in total. The van der Waals surface area contributed by atoms with E-state index < -0.39 is 21.3 Å². The van der Waals surface area contributed by atoms with E-state index in [0.29, 0.717) is 13.0 Å². The number of primary amides is 1. The Morgan fingerprint density at radius 3 is 2.54 bits per heavy atom. The van der Waals surface area contributed by atoms with Crippen LogP contribution in [0, 0.1) is 17.2 Å². The van der Waals surface area contributed by atoms with E-state index in [0.717, 1.165) is 50.7 Å². The van der Waals surface area contributed by atoms with Gasteiger partial charge in [0.15, 0.2) is 0 Å². The third-order valence-electron chi connectivity index (χ3n) is 5.93. The highest BCUT2D eigenvalue weighted by atomic mass is 35.5. The smallest absolute Gasteiger partial charge is 0.243 e. The van der Waals surface area contributed by atoms with E-state index in [4.69, 9.17) is 17.3 Å². The quantitative estimate of drug-likeness (QED) is 0.838. The van der Waals surface area contributed by atoms with Crippen molar-refractivity contribution in [3.05, 3.63) is 29.0 Å². The number of rotatable bonds is 4. The summed E-state index contributed by atoms with van der Waals surface area (Å²) in [6.07, 6.45) is 5.89. The highest BCUT2D eigenvalue weighted by molar-refractivity contribution is 7.89. The zero-order valence-electron chi connectivity index (χ0n) is 14.6. The number of hydrogen-bond donors (Lipinski definition) is 1. The van der Waals surface area contributed by atoms with Gasteiger partial charge in [-0.1, -0.05) is 30.9 Å². The number of halogens is 2. The largest absolute Gasteiger partial charge is 0.369 e. The Morgan fingerprint density at radius 2 is 1.92 bits per heavy atom. The van der Waals surface area contributed by atoms with Gasteiger partial charge in [0.2, 0.25) is 15.9 Å². The molecule has 0 unspecified atom stereocenters. The Morgan fingerprint density at radius 1 is 1.23 bits per heavy atom. The van der Waals surface area contributed by atoms with Crippen molar-refractivity contribution in [2.75, 3.05) is 13.1 Å². The van der Waals surface area contributed by atoms with Gasteiger partial charge in [-0.3, -0.25) is 4.79 Å². The second-order valence-electron chi connectivity index (χ2n) is 7.36. The first-order valence-corrected chi connectivity index (χ1v) is 10.8. The highest BCUT2D eigenvalue weighted by Crippen LogP contribution is 2.46. The van der Waals surface area contributed by atoms with Crippen LogP contribution < -0.4 is 5.73 Å². The molecule has 1 amide bonds. The van der Waals surface area contributed by atoms with Gasteiger partial charge in [-0.2, -0.15) is 4.31 Å². The minimum absolute atomic E-state index is 0.0266. The molecule has 5 nitrogen and oxygen atoms in total. The van der Waals surface area contributed by atoms with Crippen LogP contribution in [-0.4, -0.2) is 31.7 Å². The lowest BCUT2D eigenvalue weighted by Crippen LogP contribution is -2.52. The van der Waals surface area contributed by atoms with Gasteiger partial charge in [-0.15, -0.1) is 0 Å². The summed E-state index contributed by atoms with van der Waals surface area (Å²) in [5, 5.41) is -0.222. The van der Waals surface area contributed by atoms with Crippen LogP contribution in [0.2, 0.25) is 5.02 Å². The predicted octanol–water partition coefficient (Wildman–Crippen LogP) is 3.32. The molecule has 1 aromatic carbocycles. The minimum atomic E-state index is -3.80. The SMILES string of the molecule is NC(=O)C1([C@H]2CCCN(S(=O)(=O)c3ccc(F)c(Cl)c3)C2)CCCCC1. The Labute approximate surface area is 158 Å². The topological polar surface area (TPSA) is 80.5 Å². The lowest BCUT2D eigenvalue weighted by Gasteiger charge is -2.45. The van der Waals surface area contributed by atoms with Gasteiger partial charge in [0, 0.05) is 13.1 Å². The van der Waals surface area contributed by atoms with E-state index in [1.165, 1.54) is 10.4 Å². The van der Waals surface area contributed by atoms with E-state index in [9.17, 15) is 17.6 Å². The third-order valence-corrected chi connectivity index (χ3v) is 8.08. The summed E-state index contributed by atoms with van der Waals surface area (Å²) in [7, 11) is -3.80. The molecule has 2 fully saturated rings. The van der Waals surface area contributed by atoms with Crippen LogP contribution in [-0.2, 0) is 14.8 Å². The summed E-state index contributed by atoms with van der Waals surface area (Å²) in [4.78, 5) is 12.3. The van der Waals surface area contributed by atoms with Crippen molar-refractivity contribution in [1.29, 1.82) is 0 Å². The summed E-state index contributed by atoms with van der Waals surface area (Å²) in [6.45, 7) is 0.642. The van der Waals surface area contributed by atoms with Crippen LogP contribution in [0.15, 0.2) is 23.1 Å².